The lowest BCUT2D eigenvalue weighted by molar-refractivity contribution is 0.0687. The standard InChI is InChI=1S/C27H21N3O6/c28-22-10-13(1-4-19(22)25(31)32)16-7-17(14-2-5-20(26(33)34)23(29)11-14)9-18(8-16)15-3-6-21(27(35)36)24(30)12-15/h1-12H,28-30H2,(H,31,32)(H,33,34)(H,35,36). The Labute approximate surface area is 205 Å². The highest BCUT2D eigenvalue weighted by atomic mass is 16.4. The number of hydrogen-bond acceptors (Lipinski definition) is 6. The fourth-order valence-electron chi connectivity index (χ4n) is 3.94. The molecule has 0 amide bonds. The minimum absolute atomic E-state index is 0.0239. The third-order valence-corrected chi connectivity index (χ3v) is 5.78. The van der Waals surface area contributed by atoms with E-state index in [1.54, 1.807) is 36.4 Å². The molecule has 36 heavy (non-hydrogen) atoms. The fraction of sp³-hybridized carbons (Fsp3) is 0. The predicted octanol–water partition coefficient (Wildman–Crippen LogP) is 4.53. The van der Waals surface area contributed by atoms with Crippen molar-refractivity contribution in [2.24, 2.45) is 0 Å². The molecule has 9 N–H and O–H groups in total. The van der Waals surface area contributed by atoms with Crippen LogP contribution in [0, 0.1) is 0 Å². The van der Waals surface area contributed by atoms with Crippen LogP contribution in [0.4, 0.5) is 17.1 Å². The molecule has 0 saturated carbocycles. The second-order valence-electron chi connectivity index (χ2n) is 8.12. The summed E-state index contributed by atoms with van der Waals surface area (Å²) in [5.74, 6) is -3.43. The van der Waals surface area contributed by atoms with Crippen LogP contribution in [0.3, 0.4) is 0 Å². The van der Waals surface area contributed by atoms with Crippen molar-refractivity contribution in [1.82, 2.24) is 0 Å². The van der Waals surface area contributed by atoms with Gasteiger partial charge in [0.2, 0.25) is 0 Å². The maximum atomic E-state index is 11.4. The highest BCUT2D eigenvalue weighted by molar-refractivity contribution is 5.97. The van der Waals surface area contributed by atoms with Gasteiger partial charge in [0.25, 0.3) is 0 Å². The number of carboxylic acids is 3. The molecule has 4 aromatic carbocycles. The number of aromatic carboxylic acids is 3. The van der Waals surface area contributed by atoms with Crippen LogP contribution in [0.15, 0.2) is 72.8 Å². The van der Waals surface area contributed by atoms with Gasteiger partial charge >= 0.3 is 17.9 Å². The topological polar surface area (TPSA) is 190 Å². The number of carbonyl (C=O) groups is 3. The van der Waals surface area contributed by atoms with Crippen molar-refractivity contribution in [1.29, 1.82) is 0 Å². The third-order valence-electron chi connectivity index (χ3n) is 5.78. The average molecular weight is 483 g/mol. The number of nitrogen functional groups attached to an aromatic ring is 3. The fourth-order valence-corrected chi connectivity index (χ4v) is 3.94. The van der Waals surface area contributed by atoms with Gasteiger partial charge in [-0.1, -0.05) is 18.2 Å². The van der Waals surface area contributed by atoms with Crippen LogP contribution in [-0.4, -0.2) is 33.2 Å². The van der Waals surface area contributed by atoms with Gasteiger partial charge in [0.15, 0.2) is 0 Å². The quantitative estimate of drug-likeness (QED) is 0.214. The Kier molecular flexibility index (Phi) is 6.06. The molecule has 0 aromatic heterocycles. The van der Waals surface area contributed by atoms with E-state index in [0.29, 0.717) is 33.4 Å². The number of nitrogens with two attached hydrogens (primary N) is 3. The lowest BCUT2D eigenvalue weighted by Gasteiger charge is -2.14. The summed E-state index contributed by atoms with van der Waals surface area (Å²) in [4.78, 5) is 34.1. The molecule has 0 saturated heterocycles. The molecule has 0 fully saturated rings. The SMILES string of the molecule is Nc1cc(-c2cc(-c3ccc(C(=O)O)c(N)c3)cc(-c3ccc(C(=O)O)c(N)c3)c2)ccc1C(=O)O. The van der Waals surface area contributed by atoms with Gasteiger partial charge in [-0.05, 0) is 88.0 Å². The first-order valence-electron chi connectivity index (χ1n) is 10.6. The Bertz CT molecular complexity index is 1360. The van der Waals surface area contributed by atoms with Gasteiger partial charge in [0.1, 0.15) is 0 Å². The molecule has 180 valence electrons. The van der Waals surface area contributed by atoms with E-state index in [2.05, 4.69) is 0 Å². The minimum Gasteiger partial charge on any atom is -0.478 e. The van der Waals surface area contributed by atoms with Gasteiger partial charge < -0.3 is 32.5 Å². The number of anilines is 3. The van der Waals surface area contributed by atoms with Gasteiger partial charge in [0.05, 0.1) is 16.7 Å². The van der Waals surface area contributed by atoms with Gasteiger partial charge in [-0.2, -0.15) is 0 Å². The maximum Gasteiger partial charge on any atom is 0.337 e. The molecular weight excluding hydrogens is 462 g/mol. The van der Waals surface area contributed by atoms with E-state index in [4.69, 9.17) is 17.2 Å². The number of carboxylic acid groups (broad SMARTS) is 3. The smallest absolute Gasteiger partial charge is 0.337 e. The molecule has 0 unspecified atom stereocenters. The summed E-state index contributed by atoms with van der Waals surface area (Å²) in [5, 5.41) is 27.9. The van der Waals surface area contributed by atoms with Crippen LogP contribution >= 0.6 is 0 Å². The largest absolute Gasteiger partial charge is 0.478 e. The molecule has 4 aromatic rings. The first-order valence-corrected chi connectivity index (χ1v) is 10.6. The van der Waals surface area contributed by atoms with Crippen molar-refractivity contribution in [2.75, 3.05) is 17.2 Å². The van der Waals surface area contributed by atoms with E-state index in [9.17, 15) is 29.7 Å². The van der Waals surface area contributed by atoms with E-state index < -0.39 is 17.9 Å². The normalized spacial score (nSPS) is 10.7. The summed E-state index contributed by atoms with van der Waals surface area (Å²) in [7, 11) is 0. The molecule has 0 spiro atoms. The lowest BCUT2D eigenvalue weighted by Crippen LogP contribution is -2.03. The highest BCUT2D eigenvalue weighted by Gasteiger charge is 2.15. The number of rotatable bonds is 6. The second-order valence-corrected chi connectivity index (χ2v) is 8.12. The molecule has 0 heterocycles. The summed E-state index contributed by atoms with van der Waals surface area (Å²) in [6.45, 7) is 0. The van der Waals surface area contributed by atoms with E-state index in [-0.39, 0.29) is 33.8 Å². The molecule has 0 aliphatic carbocycles. The van der Waals surface area contributed by atoms with Crippen LogP contribution in [0.1, 0.15) is 31.1 Å². The minimum atomic E-state index is -1.14. The van der Waals surface area contributed by atoms with Crippen molar-refractivity contribution in [2.45, 2.75) is 0 Å². The van der Waals surface area contributed by atoms with E-state index in [1.807, 2.05) is 18.2 Å². The Balaban J connectivity index is 1.92. The van der Waals surface area contributed by atoms with E-state index in [1.165, 1.54) is 18.2 Å². The summed E-state index contributed by atoms with van der Waals surface area (Å²) >= 11 is 0. The molecule has 9 nitrogen and oxygen atoms in total. The Morgan fingerprint density at radius 2 is 0.667 bits per heavy atom. The molecule has 9 heteroatoms. The maximum absolute atomic E-state index is 11.4. The summed E-state index contributed by atoms with van der Waals surface area (Å²) in [6.07, 6.45) is 0. The Hall–Kier alpha value is -5.31. The molecule has 0 atom stereocenters. The van der Waals surface area contributed by atoms with Crippen molar-refractivity contribution in [3.8, 4) is 33.4 Å². The summed E-state index contributed by atoms with van der Waals surface area (Å²) < 4.78 is 0. The van der Waals surface area contributed by atoms with Gasteiger partial charge in [-0.3, -0.25) is 0 Å². The monoisotopic (exact) mass is 483 g/mol. The average Bonchev–Trinajstić information content (AvgIpc) is 2.82. The van der Waals surface area contributed by atoms with Gasteiger partial charge in [0, 0.05) is 17.1 Å². The van der Waals surface area contributed by atoms with Crippen molar-refractivity contribution in [3.05, 3.63) is 89.5 Å². The predicted molar refractivity (Wildman–Crippen MR) is 137 cm³/mol. The van der Waals surface area contributed by atoms with E-state index in [0.717, 1.165) is 0 Å². The van der Waals surface area contributed by atoms with Crippen molar-refractivity contribution in [3.63, 3.8) is 0 Å². The van der Waals surface area contributed by atoms with Crippen LogP contribution < -0.4 is 17.2 Å². The highest BCUT2D eigenvalue weighted by Crippen LogP contribution is 2.36. The molecular formula is C27H21N3O6. The van der Waals surface area contributed by atoms with Crippen LogP contribution in [0.25, 0.3) is 33.4 Å². The first-order chi connectivity index (χ1) is 17.0. The molecule has 0 aliphatic heterocycles. The zero-order valence-corrected chi connectivity index (χ0v) is 18.7. The van der Waals surface area contributed by atoms with Crippen molar-refractivity contribution < 1.29 is 29.7 Å². The van der Waals surface area contributed by atoms with Crippen LogP contribution in [0.5, 0.6) is 0 Å². The van der Waals surface area contributed by atoms with Crippen LogP contribution in [-0.2, 0) is 0 Å². The van der Waals surface area contributed by atoms with Gasteiger partial charge in [-0.15, -0.1) is 0 Å². The third kappa shape index (κ3) is 4.53. The molecule has 0 radical (unpaired) electrons. The zero-order valence-electron chi connectivity index (χ0n) is 18.7. The van der Waals surface area contributed by atoms with Gasteiger partial charge in [-0.25, -0.2) is 14.4 Å². The molecule has 4 rings (SSSR count). The summed E-state index contributed by atoms with van der Waals surface area (Å²) in [6, 6.07) is 19.3. The van der Waals surface area contributed by atoms with E-state index >= 15 is 0 Å². The number of hydrogen-bond donors (Lipinski definition) is 6. The second kappa shape index (κ2) is 9.15. The number of benzene rings is 4. The zero-order chi connectivity index (χ0) is 26.1. The van der Waals surface area contributed by atoms with Crippen molar-refractivity contribution >= 4 is 35.0 Å². The Morgan fingerprint density at radius 1 is 0.417 bits per heavy atom. The van der Waals surface area contributed by atoms with Crippen LogP contribution in [0.2, 0.25) is 0 Å². The molecule has 0 aliphatic rings. The Morgan fingerprint density at radius 3 is 0.861 bits per heavy atom. The molecule has 0 bridgehead atoms. The summed E-state index contributed by atoms with van der Waals surface area (Å²) in [5.41, 5.74) is 22.1. The first kappa shape index (κ1) is 23.8. The lowest BCUT2D eigenvalue weighted by atomic mass is 9.91.